The molecule has 0 aromatic heterocycles. The Kier molecular flexibility index (Phi) is 5.96. The average Bonchev–Trinajstić information content (AvgIpc) is 2.72. The third-order valence-electron chi connectivity index (χ3n) is 3.97. The van der Waals surface area contributed by atoms with Gasteiger partial charge in [0, 0.05) is 6.07 Å². The van der Waals surface area contributed by atoms with E-state index in [1.807, 2.05) is 37.3 Å². The van der Waals surface area contributed by atoms with Gasteiger partial charge < -0.3 is 14.6 Å². The lowest BCUT2D eigenvalue weighted by Gasteiger charge is -2.07. The fourth-order valence-corrected chi connectivity index (χ4v) is 2.46. The molecule has 1 N–H and O–H groups in total. The van der Waals surface area contributed by atoms with Crippen LogP contribution < -0.4 is 9.47 Å². The molecule has 0 bridgehead atoms. The van der Waals surface area contributed by atoms with Gasteiger partial charge in [0.15, 0.2) is 0 Å². The molecule has 0 radical (unpaired) electrons. The van der Waals surface area contributed by atoms with Crippen LogP contribution in [0.2, 0.25) is 0 Å². The predicted molar refractivity (Wildman–Crippen MR) is 107 cm³/mol. The van der Waals surface area contributed by atoms with E-state index in [9.17, 15) is 5.11 Å². The molecule has 28 heavy (non-hydrogen) atoms. The molecular formula is C21H20N4O3. The molecule has 3 aromatic rings. The van der Waals surface area contributed by atoms with Crippen LogP contribution >= 0.6 is 0 Å². The summed E-state index contributed by atoms with van der Waals surface area (Å²) in [5.74, 6) is 1.36. The third kappa shape index (κ3) is 4.50. The molecule has 3 aromatic carbocycles. The summed E-state index contributed by atoms with van der Waals surface area (Å²) >= 11 is 0. The van der Waals surface area contributed by atoms with Crippen molar-refractivity contribution in [1.29, 1.82) is 0 Å². The lowest BCUT2D eigenvalue weighted by atomic mass is 10.1. The smallest absolute Gasteiger partial charge is 0.148 e. The van der Waals surface area contributed by atoms with Gasteiger partial charge in [0.05, 0.1) is 25.6 Å². The number of azo groups is 2. The van der Waals surface area contributed by atoms with E-state index >= 15 is 0 Å². The van der Waals surface area contributed by atoms with E-state index in [2.05, 4.69) is 20.5 Å². The highest BCUT2D eigenvalue weighted by molar-refractivity contribution is 5.63. The van der Waals surface area contributed by atoms with Crippen molar-refractivity contribution in [3.05, 3.63) is 66.2 Å². The number of hydrogen-bond donors (Lipinski definition) is 1. The molecule has 142 valence electrons. The molecule has 0 saturated heterocycles. The number of phenols is 1. The minimum Gasteiger partial charge on any atom is -0.508 e. The summed E-state index contributed by atoms with van der Waals surface area (Å²) in [7, 11) is 3.15. The van der Waals surface area contributed by atoms with Crippen LogP contribution in [-0.4, -0.2) is 19.3 Å². The summed E-state index contributed by atoms with van der Waals surface area (Å²) in [4.78, 5) is 0. The highest BCUT2D eigenvalue weighted by atomic mass is 16.5. The van der Waals surface area contributed by atoms with Gasteiger partial charge in [0.1, 0.15) is 28.6 Å². The number of hydrogen-bond acceptors (Lipinski definition) is 7. The van der Waals surface area contributed by atoms with Gasteiger partial charge in [-0.2, -0.15) is 10.2 Å². The van der Waals surface area contributed by atoms with Crippen molar-refractivity contribution in [2.24, 2.45) is 20.5 Å². The van der Waals surface area contributed by atoms with Crippen molar-refractivity contribution < 1.29 is 14.6 Å². The van der Waals surface area contributed by atoms with Gasteiger partial charge in [-0.3, -0.25) is 0 Å². The van der Waals surface area contributed by atoms with Gasteiger partial charge in [-0.05, 0) is 55.0 Å². The van der Waals surface area contributed by atoms with E-state index in [1.54, 1.807) is 44.6 Å². The second-order valence-electron chi connectivity index (χ2n) is 5.90. The van der Waals surface area contributed by atoms with Crippen LogP contribution in [0.5, 0.6) is 17.2 Å². The molecule has 3 rings (SSSR count). The van der Waals surface area contributed by atoms with Crippen LogP contribution in [-0.2, 0) is 0 Å². The van der Waals surface area contributed by atoms with E-state index in [4.69, 9.17) is 9.47 Å². The number of benzene rings is 3. The molecule has 0 fully saturated rings. The lowest BCUT2D eigenvalue weighted by Crippen LogP contribution is -1.85. The summed E-state index contributed by atoms with van der Waals surface area (Å²) in [6.07, 6.45) is 0. The summed E-state index contributed by atoms with van der Waals surface area (Å²) in [5.41, 5.74) is 3.37. The number of phenolic OH excluding ortho intramolecular Hbond substituents is 1. The molecule has 7 heteroatoms. The number of ether oxygens (including phenoxy) is 2. The van der Waals surface area contributed by atoms with Crippen molar-refractivity contribution in [1.82, 2.24) is 0 Å². The molecular weight excluding hydrogens is 356 g/mol. The molecule has 0 atom stereocenters. The lowest BCUT2D eigenvalue weighted by molar-refractivity contribution is 0.415. The molecule has 0 unspecified atom stereocenters. The molecule has 0 aliphatic heterocycles. The van der Waals surface area contributed by atoms with Crippen LogP contribution in [0.15, 0.2) is 81.1 Å². The molecule has 0 aliphatic carbocycles. The Balaban J connectivity index is 1.89. The molecule has 0 saturated carbocycles. The second kappa shape index (κ2) is 8.77. The Bertz CT molecular complexity index is 1010. The van der Waals surface area contributed by atoms with Crippen LogP contribution in [0.1, 0.15) is 5.56 Å². The summed E-state index contributed by atoms with van der Waals surface area (Å²) in [6.45, 7) is 1.91. The number of methoxy groups -OCH3 is 2. The second-order valence-corrected chi connectivity index (χ2v) is 5.90. The van der Waals surface area contributed by atoms with Crippen LogP contribution in [0.3, 0.4) is 0 Å². The van der Waals surface area contributed by atoms with Crippen molar-refractivity contribution in [2.45, 2.75) is 6.92 Å². The quantitative estimate of drug-likeness (QED) is 0.495. The van der Waals surface area contributed by atoms with Gasteiger partial charge >= 0.3 is 0 Å². The first-order chi connectivity index (χ1) is 13.6. The minimum absolute atomic E-state index is 0.178. The maximum atomic E-state index is 9.34. The van der Waals surface area contributed by atoms with Crippen molar-refractivity contribution in [3.8, 4) is 17.2 Å². The standard InChI is InChI=1S/C21H20N4O3/c1-14-12-19(25-22-15-8-10-16(26)11-9-15)21(28-3)13-18(14)24-23-17-6-4-5-7-20(17)27-2/h4-13,26H,1-3H3. The highest BCUT2D eigenvalue weighted by Crippen LogP contribution is 2.37. The fourth-order valence-electron chi connectivity index (χ4n) is 2.46. The van der Waals surface area contributed by atoms with E-state index < -0.39 is 0 Å². The van der Waals surface area contributed by atoms with E-state index in [0.29, 0.717) is 34.2 Å². The topological polar surface area (TPSA) is 88.1 Å². The first-order valence-corrected chi connectivity index (χ1v) is 8.55. The largest absolute Gasteiger partial charge is 0.508 e. The highest BCUT2D eigenvalue weighted by Gasteiger charge is 2.08. The van der Waals surface area contributed by atoms with Crippen molar-refractivity contribution in [2.75, 3.05) is 14.2 Å². The molecule has 0 heterocycles. The van der Waals surface area contributed by atoms with Crippen molar-refractivity contribution in [3.63, 3.8) is 0 Å². The predicted octanol–water partition coefficient (Wildman–Crippen LogP) is 6.55. The molecule has 0 spiro atoms. The monoisotopic (exact) mass is 376 g/mol. The SMILES string of the molecule is COc1cc(N=Nc2ccccc2OC)c(C)cc1N=Nc1ccc(O)cc1. The maximum absolute atomic E-state index is 9.34. The number of aryl methyl sites for hydroxylation is 1. The van der Waals surface area contributed by atoms with Crippen LogP contribution in [0.25, 0.3) is 0 Å². The Labute approximate surface area is 163 Å². The van der Waals surface area contributed by atoms with E-state index in [-0.39, 0.29) is 5.75 Å². The van der Waals surface area contributed by atoms with Crippen LogP contribution in [0.4, 0.5) is 22.7 Å². The van der Waals surface area contributed by atoms with E-state index in [0.717, 1.165) is 5.56 Å². The Hall–Kier alpha value is -3.74. The number of aromatic hydroxyl groups is 1. The fraction of sp³-hybridized carbons (Fsp3) is 0.143. The Morgan fingerprint density at radius 3 is 2.04 bits per heavy atom. The van der Waals surface area contributed by atoms with Gasteiger partial charge in [-0.15, -0.1) is 10.2 Å². The first kappa shape index (κ1) is 19.0. The molecule has 0 amide bonds. The first-order valence-electron chi connectivity index (χ1n) is 8.55. The number of para-hydroxylation sites is 1. The maximum Gasteiger partial charge on any atom is 0.148 e. The Morgan fingerprint density at radius 1 is 0.679 bits per heavy atom. The molecule has 7 nitrogen and oxygen atoms in total. The summed E-state index contributed by atoms with van der Waals surface area (Å²) in [5, 5.41) is 26.4. The summed E-state index contributed by atoms with van der Waals surface area (Å²) < 4.78 is 10.7. The normalized spacial score (nSPS) is 11.2. The number of nitrogens with zero attached hydrogens (tertiary/aromatic N) is 4. The van der Waals surface area contributed by atoms with Gasteiger partial charge in [-0.1, -0.05) is 12.1 Å². The average molecular weight is 376 g/mol. The zero-order valence-corrected chi connectivity index (χ0v) is 15.8. The number of rotatable bonds is 6. The Morgan fingerprint density at radius 2 is 1.32 bits per heavy atom. The van der Waals surface area contributed by atoms with Gasteiger partial charge in [0.2, 0.25) is 0 Å². The van der Waals surface area contributed by atoms with Crippen LogP contribution in [0, 0.1) is 6.92 Å². The van der Waals surface area contributed by atoms with Gasteiger partial charge in [-0.25, -0.2) is 0 Å². The minimum atomic E-state index is 0.178. The zero-order valence-electron chi connectivity index (χ0n) is 15.8. The molecule has 0 aliphatic rings. The summed E-state index contributed by atoms with van der Waals surface area (Å²) in [6, 6.07) is 17.5. The van der Waals surface area contributed by atoms with Gasteiger partial charge in [0.25, 0.3) is 0 Å². The zero-order chi connectivity index (χ0) is 19.9. The third-order valence-corrected chi connectivity index (χ3v) is 3.97. The van der Waals surface area contributed by atoms with E-state index in [1.165, 1.54) is 0 Å². The van der Waals surface area contributed by atoms with Crippen molar-refractivity contribution >= 4 is 22.7 Å².